The number of nitrogens with zero attached hydrogens (tertiary/aromatic N) is 1. The number of fused-ring (bicyclic) bond motifs is 1. The first-order valence-corrected chi connectivity index (χ1v) is 12.6. The Bertz CT molecular complexity index is 1580. The van der Waals surface area contributed by atoms with E-state index in [1.807, 2.05) is 0 Å². The summed E-state index contributed by atoms with van der Waals surface area (Å²) in [4.78, 5) is 40.2. The van der Waals surface area contributed by atoms with Crippen molar-refractivity contribution in [2.75, 3.05) is 21.3 Å². The van der Waals surface area contributed by atoms with Crippen LogP contribution in [-0.4, -0.2) is 43.9 Å². The van der Waals surface area contributed by atoms with Gasteiger partial charge in [0.1, 0.15) is 22.0 Å². The summed E-state index contributed by atoms with van der Waals surface area (Å²) in [7, 11) is 4.32. The minimum Gasteiger partial charge on any atom is -0.497 e. The lowest BCUT2D eigenvalue weighted by molar-refractivity contribution is -0.140. The highest BCUT2D eigenvalue weighted by Crippen LogP contribution is 2.38. The molecule has 4 rings (SSSR count). The second-order valence-electron chi connectivity index (χ2n) is 8.69. The predicted molar refractivity (Wildman–Crippen MR) is 144 cm³/mol. The molecule has 0 unspecified atom stereocenters. The van der Waals surface area contributed by atoms with Crippen LogP contribution in [0.1, 0.15) is 30.9 Å². The number of thiazole rings is 1. The Hall–Kier alpha value is -4.31. The molecule has 0 aliphatic carbocycles. The number of ether oxygens (including phenoxy) is 4. The minimum atomic E-state index is -0.938. The van der Waals surface area contributed by atoms with Gasteiger partial charge in [-0.2, -0.15) is 0 Å². The van der Waals surface area contributed by atoms with Crippen molar-refractivity contribution in [3.8, 4) is 11.5 Å². The third kappa shape index (κ3) is 4.95. The van der Waals surface area contributed by atoms with Crippen molar-refractivity contribution in [3.63, 3.8) is 0 Å². The Balaban J connectivity index is 2.07. The van der Waals surface area contributed by atoms with Crippen LogP contribution in [0, 0.1) is 0 Å². The van der Waals surface area contributed by atoms with E-state index in [1.165, 1.54) is 18.8 Å². The first-order chi connectivity index (χ1) is 18.2. The molecule has 0 spiro atoms. The fourth-order valence-corrected chi connectivity index (χ4v) is 5.38. The number of rotatable bonds is 7. The van der Waals surface area contributed by atoms with Crippen molar-refractivity contribution >= 4 is 40.7 Å². The van der Waals surface area contributed by atoms with Crippen LogP contribution in [0.2, 0.25) is 0 Å². The van der Waals surface area contributed by atoms with Crippen molar-refractivity contribution < 1.29 is 28.5 Å². The summed E-state index contributed by atoms with van der Waals surface area (Å²) in [6.45, 7) is 3.44. The molecule has 0 radical (unpaired) electrons. The lowest BCUT2D eigenvalue weighted by atomic mass is 9.83. The average Bonchev–Trinajstić information content (AvgIpc) is 3.23. The third-order valence-electron chi connectivity index (χ3n) is 5.98. The SMILES string of the molecule is COC(=O)C1=C(N)n2c(sc(=Cc3ccc(OC)cc3)c2=O)=C(C(=O)OC(C)C)[C@H]1c1ccc(OC)cc1. The van der Waals surface area contributed by atoms with E-state index in [4.69, 9.17) is 24.7 Å². The summed E-state index contributed by atoms with van der Waals surface area (Å²) in [6.07, 6.45) is 1.25. The number of esters is 2. The number of hydrogen-bond acceptors (Lipinski definition) is 9. The van der Waals surface area contributed by atoms with Gasteiger partial charge in [-0.3, -0.25) is 9.36 Å². The topological polar surface area (TPSA) is 119 Å². The van der Waals surface area contributed by atoms with E-state index in [0.717, 1.165) is 16.9 Å². The van der Waals surface area contributed by atoms with Crippen LogP contribution in [0.4, 0.5) is 0 Å². The van der Waals surface area contributed by atoms with Gasteiger partial charge in [0.25, 0.3) is 5.56 Å². The van der Waals surface area contributed by atoms with Crippen LogP contribution in [0.25, 0.3) is 17.5 Å². The van der Waals surface area contributed by atoms with Crippen LogP contribution < -0.4 is 30.0 Å². The molecule has 3 aromatic rings. The molecule has 1 aliphatic heterocycles. The molecule has 0 saturated carbocycles. The number of nitrogens with two attached hydrogens (primary N) is 1. The van der Waals surface area contributed by atoms with Gasteiger partial charge in [0.2, 0.25) is 0 Å². The van der Waals surface area contributed by atoms with E-state index in [2.05, 4.69) is 0 Å². The van der Waals surface area contributed by atoms with Crippen molar-refractivity contribution in [1.29, 1.82) is 0 Å². The molecule has 38 heavy (non-hydrogen) atoms. The monoisotopic (exact) mass is 536 g/mol. The van der Waals surface area contributed by atoms with Crippen LogP contribution in [0.15, 0.2) is 58.9 Å². The van der Waals surface area contributed by atoms with Gasteiger partial charge < -0.3 is 24.7 Å². The summed E-state index contributed by atoms with van der Waals surface area (Å²) in [5.74, 6) is -1.20. The van der Waals surface area contributed by atoms with Gasteiger partial charge in [-0.15, -0.1) is 11.3 Å². The first-order valence-electron chi connectivity index (χ1n) is 11.7. The largest absolute Gasteiger partial charge is 0.497 e. The highest BCUT2D eigenvalue weighted by atomic mass is 32.1. The Morgan fingerprint density at radius 3 is 2.03 bits per heavy atom. The van der Waals surface area contributed by atoms with E-state index in [0.29, 0.717) is 21.6 Å². The van der Waals surface area contributed by atoms with Crippen molar-refractivity contribution in [2.45, 2.75) is 25.9 Å². The maximum absolute atomic E-state index is 13.6. The van der Waals surface area contributed by atoms with Gasteiger partial charge in [0.05, 0.1) is 49.0 Å². The molecule has 0 fully saturated rings. The smallest absolute Gasteiger partial charge is 0.338 e. The minimum absolute atomic E-state index is 0.0308. The highest BCUT2D eigenvalue weighted by Gasteiger charge is 2.40. The zero-order chi connectivity index (χ0) is 27.6. The molecule has 0 amide bonds. The molecule has 2 N–H and O–H groups in total. The van der Waals surface area contributed by atoms with Crippen molar-refractivity contribution in [3.05, 3.63) is 84.8 Å². The molecule has 1 aromatic heterocycles. The fourth-order valence-electron chi connectivity index (χ4n) is 4.21. The van der Waals surface area contributed by atoms with Gasteiger partial charge in [0, 0.05) is 0 Å². The standard InChI is InChI=1S/C28H28N2O7S/c1-15(2)37-28(33)23-21(17-8-12-19(35-4)13-9-17)22(27(32)36-5)24(29)30-25(31)20(38-26(23)30)14-16-6-10-18(34-3)11-7-16/h6-15,21H,29H2,1-5H3/t21-/m0/s1. The van der Waals surface area contributed by atoms with E-state index in [-0.39, 0.29) is 21.6 Å². The molecule has 0 bridgehead atoms. The Morgan fingerprint density at radius 2 is 1.50 bits per heavy atom. The molecule has 0 saturated heterocycles. The van der Waals surface area contributed by atoms with E-state index in [9.17, 15) is 14.4 Å². The number of methoxy groups -OCH3 is 3. The molecule has 1 aliphatic rings. The number of aromatic nitrogens is 1. The van der Waals surface area contributed by atoms with Crippen LogP contribution in [0.3, 0.4) is 0 Å². The molecule has 2 aromatic carbocycles. The van der Waals surface area contributed by atoms with Gasteiger partial charge in [-0.25, -0.2) is 9.59 Å². The van der Waals surface area contributed by atoms with Crippen LogP contribution in [-0.2, 0) is 19.1 Å². The summed E-state index contributed by atoms with van der Waals surface area (Å²) < 4.78 is 22.9. The van der Waals surface area contributed by atoms with Gasteiger partial charge in [-0.1, -0.05) is 24.3 Å². The van der Waals surface area contributed by atoms with Crippen LogP contribution in [0.5, 0.6) is 11.5 Å². The van der Waals surface area contributed by atoms with Gasteiger partial charge >= 0.3 is 11.9 Å². The number of benzene rings is 2. The lowest BCUT2D eigenvalue weighted by Crippen LogP contribution is -2.42. The number of carbonyl (C=O) groups is 2. The van der Waals surface area contributed by atoms with E-state index >= 15 is 0 Å². The first kappa shape index (κ1) is 26.7. The Kier molecular flexibility index (Phi) is 7.72. The van der Waals surface area contributed by atoms with Crippen LogP contribution >= 0.6 is 11.3 Å². The Labute approximate surface area is 223 Å². The normalized spacial score (nSPS) is 15.4. The molecular weight excluding hydrogens is 508 g/mol. The second-order valence-corrected chi connectivity index (χ2v) is 9.72. The molecule has 2 heterocycles. The molecular formula is C28H28N2O7S. The lowest BCUT2D eigenvalue weighted by Gasteiger charge is -2.27. The fraction of sp³-hybridized carbons (Fsp3) is 0.250. The maximum atomic E-state index is 13.6. The number of hydrogen-bond donors (Lipinski definition) is 1. The average molecular weight is 537 g/mol. The predicted octanol–water partition coefficient (Wildman–Crippen LogP) is 1.96. The van der Waals surface area contributed by atoms with E-state index in [1.54, 1.807) is 75.6 Å². The highest BCUT2D eigenvalue weighted by molar-refractivity contribution is 7.07. The second kappa shape index (κ2) is 11.0. The van der Waals surface area contributed by atoms with Gasteiger partial charge in [-0.05, 0) is 55.3 Å². The Morgan fingerprint density at radius 1 is 0.921 bits per heavy atom. The summed E-state index contributed by atoms with van der Waals surface area (Å²) in [6, 6.07) is 14.0. The van der Waals surface area contributed by atoms with E-state index < -0.39 is 29.5 Å². The maximum Gasteiger partial charge on any atom is 0.338 e. The molecule has 10 heteroatoms. The molecule has 198 valence electrons. The van der Waals surface area contributed by atoms with Gasteiger partial charge in [0.15, 0.2) is 0 Å². The summed E-state index contributed by atoms with van der Waals surface area (Å²) in [5, 5.41) is 0. The molecule has 9 nitrogen and oxygen atoms in total. The quantitative estimate of drug-likeness (QED) is 0.455. The zero-order valence-electron chi connectivity index (χ0n) is 21.6. The van der Waals surface area contributed by atoms with Crippen molar-refractivity contribution in [1.82, 2.24) is 4.57 Å². The molecule has 1 atom stereocenters. The third-order valence-corrected chi connectivity index (χ3v) is 7.09. The zero-order valence-corrected chi connectivity index (χ0v) is 22.5. The van der Waals surface area contributed by atoms with Crippen molar-refractivity contribution in [2.24, 2.45) is 5.73 Å². The summed E-state index contributed by atoms with van der Waals surface area (Å²) in [5.41, 5.74) is 7.44. The number of carbonyl (C=O) groups excluding carboxylic acids is 2. The summed E-state index contributed by atoms with van der Waals surface area (Å²) >= 11 is 1.10.